The van der Waals surface area contributed by atoms with Crippen LogP contribution in [0.1, 0.15) is 56.4 Å². The molecule has 0 saturated heterocycles. The van der Waals surface area contributed by atoms with Crippen LogP contribution in [0.4, 0.5) is 34.6 Å². The van der Waals surface area contributed by atoms with Crippen LogP contribution in [0, 0.1) is 23.6 Å². The fourth-order valence-corrected chi connectivity index (χ4v) is 5.46. The summed E-state index contributed by atoms with van der Waals surface area (Å²) < 4.78 is 54.4. The normalized spacial score (nSPS) is 20.6. The van der Waals surface area contributed by atoms with Crippen molar-refractivity contribution in [3.8, 4) is 0 Å². The number of para-hydroxylation sites is 1. The van der Waals surface area contributed by atoms with Crippen LogP contribution in [0.25, 0.3) is 0 Å². The summed E-state index contributed by atoms with van der Waals surface area (Å²) in [5, 5.41) is 5.13. The number of primary amides is 1. The van der Waals surface area contributed by atoms with Gasteiger partial charge in [-0.15, -0.1) is 0 Å². The van der Waals surface area contributed by atoms with Crippen molar-refractivity contribution >= 4 is 34.8 Å². The van der Waals surface area contributed by atoms with E-state index in [-0.39, 0.29) is 24.6 Å². The van der Waals surface area contributed by atoms with Gasteiger partial charge in [0.15, 0.2) is 0 Å². The van der Waals surface area contributed by atoms with E-state index in [1.165, 1.54) is 12.1 Å². The maximum absolute atomic E-state index is 14.9. The third kappa shape index (κ3) is 6.56. The number of carbonyl (C=O) groups excluding carboxylic acids is 3. The minimum atomic E-state index is -4.54. The van der Waals surface area contributed by atoms with Crippen LogP contribution < -0.4 is 21.3 Å². The number of hydrogen-bond acceptors (Lipinski definition) is 4. The van der Waals surface area contributed by atoms with Crippen LogP contribution in [0.15, 0.2) is 42.5 Å². The number of benzene rings is 2. The highest BCUT2D eigenvalue weighted by Gasteiger charge is 2.41. The van der Waals surface area contributed by atoms with Crippen molar-refractivity contribution in [1.82, 2.24) is 5.32 Å². The van der Waals surface area contributed by atoms with Gasteiger partial charge in [0.05, 0.1) is 12.2 Å². The number of rotatable bonds is 10. The van der Waals surface area contributed by atoms with Gasteiger partial charge in [-0.1, -0.05) is 31.0 Å². The molecule has 2 aliphatic carbocycles. The molecule has 4 N–H and O–H groups in total. The van der Waals surface area contributed by atoms with Crippen molar-refractivity contribution in [3.05, 3.63) is 53.8 Å². The zero-order valence-corrected chi connectivity index (χ0v) is 21.8. The first kappa shape index (κ1) is 27.9. The van der Waals surface area contributed by atoms with Crippen molar-refractivity contribution in [1.29, 1.82) is 0 Å². The number of carbonyl (C=O) groups is 3. The Bertz CT molecular complexity index is 1290. The summed E-state index contributed by atoms with van der Waals surface area (Å²) in [4.78, 5) is 40.8. The Labute approximate surface area is 229 Å². The van der Waals surface area contributed by atoms with Gasteiger partial charge in [0.1, 0.15) is 17.5 Å². The van der Waals surface area contributed by atoms with Crippen molar-refractivity contribution < 1.29 is 31.9 Å². The lowest BCUT2D eigenvalue weighted by Gasteiger charge is -2.29. The molecule has 0 spiro atoms. The molecule has 7 nitrogen and oxygen atoms in total. The molecular formula is C29H32F4N4O3. The molecular weight excluding hydrogens is 528 g/mol. The van der Waals surface area contributed by atoms with E-state index in [2.05, 4.69) is 10.6 Å². The Morgan fingerprint density at radius 3 is 2.45 bits per heavy atom. The van der Waals surface area contributed by atoms with Crippen LogP contribution in [0.2, 0.25) is 0 Å². The molecule has 11 heteroatoms. The number of fused-ring (bicyclic) bond motifs is 1. The van der Waals surface area contributed by atoms with Gasteiger partial charge in [-0.05, 0) is 67.3 Å². The molecule has 0 unspecified atom stereocenters. The third-order valence-corrected chi connectivity index (χ3v) is 7.97. The van der Waals surface area contributed by atoms with Crippen LogP contribution >= 0.6 is 0 Å². The highest BCUT2D eigenvalue weighted by atomic mass is 19.4. The molecule has 0 radical (unpaired) electrons. The van der Waals surface area contributed by atoms with Crippen LogP contribution in [-0.4, -0.2) is 36.5 Å². The summed E-state index contributed by atoms with van der Waals surface area (Å²) >= 11 is 0. The summed E-state index contributed by atoms with van der Waals surface area (Å²) in [5.74, 6) is -4.96. The molecule has 2 saturated carbocycles. The summed E-state index contributed by atoms with van der Waals surface area (Å²) in [6, 6.07) is 10.8. The Hall–Kier alpha value is -3.63. The Kier molecular flexibility index (Phi) is 7.74. The monoisotopic (exact) mass is 560 g/mol. The summed E-state index contributed by atoms with van der Waals surface area (Å²) in [6.45, 7) is -0.0992. The topological polar surface area (TPSA) is 105 Å². The molecule has 5 rings (SSSR count). The fraction of sp³-hybridized carbons (Fsp3) is 0.483. The van der Waals surface area contributed by atoms with Gasteiger partial charge in [0.2, 0.25) is 17.7 Å². The number of nitrogens with zero attached hydrogens (tertiary/aromatic N) is 1. The van der Waals surface area contributed by atoms with E-state index in [9.17, 15) is 31.9 Å². The molecule has 0 bridgehead atoms. The van der Waals surface area contributed by atoms with Gasteiger partial charge in [-0.3, -0.25) is 14.4 Å². The number of anilines is 3. The van der Waals surface area contributed by atoms with Crippen molar-refractivity contribution in [2.75, 3.05) is 16.8 Å². The van der Waals surface area contributed by atoms with E-state index < -0.39 is 60.4 Å². The lowest BCUT2D eigenvalue weighted by Crippen LogP contribution is -2.52. The largest absolute Gasteiger partial charge is 0.389 e. The van der Waals surface area contributed by atoms with Gasteiger partial charge in [0, 0.05) is 23.9 Å². The molecule has 2 fully saturated rings. The van der Waals surface area contributed by atoms with Gasteiger partial charge < -0.3 is 21.3 Å². The first-order valence-corrected chi connectivity index (χ1v) is 13.6. The van der Waals surface area contributed by atoms with Crippen molar-refractivity contribution in [2.24, 2.45) is 23.5 Å². The zero-order valence-electron chi connectivity index (χ0n) is 21.8. The molecule has 1 heterocycles. The van der Waals surface area contributed by atoms with Crippen molar-refractivity contribution in [3.63, 3.8) is 0 Å². The van der Waals surface area contributed by atoms with Crippen molar-refractivity contribution in [2.45, 2.75) is 63.1 Å². The number of nitrogens with two attached hydrogens (primary N) is 1. The molecule has 0 aromatic heterocycles. The summed E-state index contributed by atoms with van der Waals surface area (Å²) in [7, 11) is 0. The second-order valence-corrected chi connectivity index (χ2v) is 11.1. The number of halogens is 4. The van der Waals surface area contributed by atoms with Gasteiger partial charge >= 0.3 is 6.18 Å². The maximum Gasteiger partial charge on any atom is 0.389 e. The second-order valence-electron chi connectivity index (χ2n) is 11.1. The number of nitrogens with one attached hydrogen (secondary N) is 2. The van der Waals surface area contributed by atoms with Crippen LogP contribution in [0.3, 0.4) is 0 Å². The fourth-order valence-electron chi connectivity index (χ4n) is 5.46. The first-order valence-electron chi connectivity index (χ1n) is 13.6. The number of amides is 3. The Morgan fingerprint density at radius 2 is 1.80 bits per heavy atom. The lowest BCUT2D eigenvalue weighted by molar-refractivity contribution is -0.146. The van der Waals surface area contributed by atoms with E-state index in [0.29, 0.717) is 17.3 Å². The molecule has 1 aliphatic heterocycles. The second kappa shape index (κ2) is 11.1. The third-order valence-electron chi connectivity index (χ3n) is 7.97. The first-order chi connectivity index (χ1) is 19.0. The Morgan fingerprint density at radius 1 is 1.07 bits per heavy atom. The minimum Gasteiger partial charge on any atom is -0.369 e. The molecule has 2 aromatic carbocycles. The predicted octanol–water partition coefficient (Wildman–Crippen LogP) is 5.14. The lowest BCUT2D eigenvalue weighted by atomic mass is 9.83. The van der Waals surface area contributed by atoms with E-state index in [1.54, 1.807) is 11.0 Å². The standard InChI is InChI=1S/C29H32F4N4O3/c30-22-5-2-6-24-25(22)36-28(40)23(15-37(24)19-4-1-3-18(14-19)17-9-10-17)35-27(39)20(11-12-29(31,32)33)21(26(34)38)13-16-7-8-16/h1-6,14,16-17,20-21,23H,7-13,15H2,(H2,34,38)(H,35,39)(H,36,40)/t20-,21+,23+/m1/s1. The van der Waals surface area contributed by atoms with E-state index >= 15 is 0 Å². The van der Waals surface area contributed by atoms with E-state index in [4.69, 9.17) is 5.73 Å². The summed E-state index contributed by atoms with van der Waals surface area (Å²) in [6.07, 6.45) is -2.45. The predicted molar refractivity (Wildman–Crippen MR) is 141 cm³/mol. The average molecular weight is 561 g/mol. The smallest absolute Gasteiger partial charge is 0.369 e. The molecule has 3 atom stereocenters. The molecule has 3 amide bonds. The van der Waals surface area contributed by atoms with Gasteiger partial charge in [-0.25, -0.2) is 4.39 Å². The van der Waals surface area contributed by atoms with Crippen LogP contribution in [-0.2, 0) is 14.4 Å². The highest BCUT2D eigenvalue weighted by Crippen LogP contribution is 2.43. The molecule has 214 valence electrons. The quantitative estimate of drug-likeness (QED) is 0.350. The molecule has 3 aliphatic rings. The zero-order chi connectivity index (χ0) is 28.6. The number of alkyl halides is 3. The number of hydrogen-bond donors (Lipinski definition) is 3. The average Bonchev–Trinajstić information content (AvgIpc) is 3.80. The van der Waals surface area contributed by atoms with Gasteiger partial charge in [0.25, 0.3) is 0 Å². The SMILES string of the molecule is NC(=O)[C@@H](CC1CC1)[C@@H](CCC(F)(F)F)C(=O)N[C@H]1CN(c2cccc(C3CC3)c2)c2cccc(F)c2NC1=O. The maximum atomic E-state index is 14.9. The molecule has 2 aromatic rings. The highest BCUT2D eigenvalue weighted by molar-refractivity contribution is 6.03. The Balaban J connectivity index is 1.44. The summed E-state index contributed by atoms with van der Waals surface area (Å²) in [5.41, 5.74) is 7.68. The molecule has 40 heavy (non-hydrogen) atoms. The van der Waals surface area contributed by atoms with Gasteiger partial charge in [-0.2, -0.15) is 13.2 Å². The van der Waals surface area contributed by atoms with E-state index in [1.807, 2.05) is 24.3 Å². The minimum absolute atomic E-state index is 0.0570. The van der Waals surface area contributed by atoms with E-state index in [0.717, 1.165) is 31.2 Å². The van der Waals surface area contributed by atoms with Crippen LogP contribution in [0.5, 0.6) is 0 Å².